The van der Waals surface area contributed by atoms with E-state index in [2.05, 4.69) is 34.2 Å². The number of aromatic nitrogens is 1. The van der Waals surface area contributed by atoms with E-state index < -0.39 is 15.4 Å². The molecule has 8 heteroatoms. The second-order valence-corrected chi connectivity index (χ2v) is 13.0. The van der Waals surface area contributed by atoms with Crippen LogP contribution < -0.4 is 15.4 Å². The highest BCUT2D eigenvalue weighted by Gasteiger charge is 2.39. The Morgan fingerprint density at radius 3 is 2.43 bits per heavy atom. The monoisotopic (exact) mass is 520 g/mol. The van der Waals surface area contributed by atoms with Gasteiger partial charge in [-0.2, -0.15) is 0 Å². The Morgan fingerprint density at radius 2 is 1.78 bits per heavy atom. The highest BCUT2D eigenvalue weighted by molar-refractivity contribution is 7.89. The molecule has 0 bridgehead atoms. The first kappa shape index (κ1) is 26.8. The molecule has 0 saturated carbocycles. The Kier molecular flexibility index (Phi) is 7.18. The van der Waals surface area contributed by atoms with E-state index >= 15 is 0 Å². The van der Waals surface area contributed by atoms with Gasteiger partial charge in [-0.3, -0.25) is 4.79 Å². The number of aryl methyl sites for hydroxylation is 1. The minimum absolute atomic E-state index is 0.110. The van der Waals surface area contributed by atoms with Crippen LogP contribution in [0.25, 0.3) is 0 Å². The predicted molar refractivity (Wildman–Crippen MR) is 149 cm³/mol. The third-order valence-corrected chi connectivity index (χ3v) is 8.30. The number of hydrogen-bond acceptors (Lipinski definition) is 5. The number of benzene rings is 2. The van der Waals surface area contributed by atoms with Crippen molar-refractivity contribution < 1.29 is 13.2 Å². The van der Waals surface area contributed by atoms with E-state index in [9.17, 15) is 13.2 Å². The first-order chi connectivity index (χ1) is 17.3. The zero-order valence-corrected chi connectivity index (χ0v) is 23.2. The average Bonchev–Trinajstić information content (AvgIpc) is 3.08. The number of rotatable bonds is 7. The van der Waals surface area contributed by atoms with Crippen molar-refractivity contribution in [2.45, 2.75) is 70.7 Å². The van der Waals surface area contributed by atoms with E-state index in [-0.39, 0.29) is 22.3 Å². The normalized spacial score (nSPS) is 16.8. The molecule has 0 saturated heterocycles. The van der Waals surface area contributed by atoms with Gasteiger partial charge in [-0.25, -0.2) is 18.1 Å². The van der Waals surface area contributed by atoms with Crippen LogP contribution in [0, 0.1) is 5.41 Å². The number of anilines is 3. The van der Waals surface area contributed by atoms with Gasteiger partial charge >= 0.3 is 0 Å². The van der Waals surface area contributed by atoms with Crippen molar-refractivity contribution >= 4 is 33.1 Å². The molecule has 1 unspecified atom stereocenters. The average molecular weight is 521 g/mol. The summed E-state index contributed by atoms with van der Waals surface area (Å²) in [5, 5.41) is 6.26. The molecule has 3 aromatic rings. The summed E-state index contributed by atoms with van der Waals surface area (Å²) >= 11 is 0. The maximum absolute atomic E-state index is 13.2. The molecule has 0 radical (unpaired) electrons. The number of carbonyl (C=O) groups excluding carboxylic acids is 1. The first-order valence-electron chi connectivity index (χ1n) is 12.6. The first-order valence-corrected chi connectivity index (χ1v) is 14.1. The number of amides is 1. The van der Waals surface area contributed by atoms with Crippen molar-refractivity contribution in [3.8, 4) is 0 Å². The molecular formula is C29H36N4O3S. The van der Waals surface area contributed by atoms with E-state index in [1.54, 1.807) is 30.5 Å². The van der Waals surface area contributed by atoms with Crippen LogP contribution in [-0.4, -0.2) is 19.3 Å². The Hall–Kier alpha value is -3.23. The van der Waals surface area contributed by atoms with Crippen LogP contribution in [0.3, 0.4) is 0 Å². The fourth-order valence-electron chi connectivity index (χ4n) is 4.59. The van der Waals surface area contributed by atoms with Gasteiger partial charge in [0, 0.05) is 23.3 Å². The predicted octanol–water partition coefficient (Wildman–Crippen LogP) is 6.07. The topological polar surface area (TPSA) is 100 Å². The summed E-state index contributed by atoms with van der Waals surface area (Å²) < 4.78 is 29.4. The molecule has 3 N–H and O–H groups in total. The quantitative estimate of drug-likeness (QED) is 0.351. The minimum Gasteiger partial charge on any atom is -0.338 e. The number of pyridine rings is 1. The van der Waals surface area contributed by atoms with E-state index in [1.165, 1.54) is 0 Å². The highest BCUT2D eigenvalue weighted by Crippen LogP contribution is 2.46. The van der Waals surface area contributed by atoms with E-state index in [4.69, 9.17) is 0 Å². The largest absolute Gasteiger partial charge is 0.338 e. The van der Waals surface area contributed by atoms with Crippen LogP contribution in [0.5, 0.6) is 0 Å². The minimum atomic E-state index is -3.70. The number of hydrogen-bond donors (Lipinski definition) is 3. The number of nitrogens with one attached hydrogen (secondary N) is 3. The summed E-state index contributed by atoms with van der Waals surface area (Å²) in [6, 6.07) is 16.2. The smallest absolute Gasteiger partial charge is 0.241 e. The fraction of sp³-hybridized carbons (Fsp3) is 0.379. The van der Waals surface area contributed by atoms with Crippen molar-refractivity contribution in [2.75, 3.05) is 10.6 Å². The lowest BCUT2D eigenvalue weighted by Crippen LogP contribution is -2.28. The van der Waals surface area contributed by atoms with E-state index in [0.29, 0.717) is 17.9 Å². The van der Waals surface area contributed by atoms with Gasteiger partial charge in [-0.1, -0.05) is 59.7 Å². The molecular weight excluding hydrogens is 484 g/mol. The molecule has 1 heterocycles. The zero-order valence-electron chi connectivity index (χ0n) is 22.3. The molecule has 0 fully saturated rings. The molecule has 1 aliphatic carbocycles. The summed E-state index contributed by atoms with van der Waals surface area (Å²) in [7, 11) is -3.70. The summed E-state index contributed by atoms with van der Waals surface area (Å²) in [5.41, 5.74) is 3.73. The van der Waals surface area contributed by atoms with Gasteiger partial charge in [-0.05, 0) is 71.3 Å². The van der Waals surface area contributed by atoms with Crippen LogP contribution in [0.4, 0.5) is 17.2 Å². The number of nitrogens with zero attached hydrogens (tertiary/aromatic N) is 1. The lowest BCUT2D eigenvalue weighted by molar-refractivity contribution is -0.123. The fourth-order valence-corrected chi connectivity index (χ4v) is 5.81. The van der Waals surface area contributed by atoms with Gasteiger partial charge < -0.3 is 10.6 Å². The highest BCUT2D eigenvalue weighted by atomic mass is 32.2. The van der Waals surface area contributed by atoms with Crippen molar-refractivity contribution in [3.05, 3.63) is 77.5 Å². The summed E-state index contributed by atoms with van der Waals surface area (Å²) in [6.07, 6.45) is 3.16. The molecule has 37 heavy (non-hydrogen) atoms. The second-order valence-electron chi connectivity index (χ2n) is 11.3. The maximum Gasteiger partial charge on any atom is 0.241 e. The van der Waals surface area contributed by atoms with Gasteiger partial charge in [0.2, 0.25) is 15.9 Å². The number of fused-ring (bicyclic) bond motifs is 1. The number of carbonyl (C=O) groups is 1. The molecule has 4 rings (SSSR count). The lowest BCUT2D eigenvalue weighted by Gasteiger charge is -2.20. The van der Waals surface area contributed by atoms with E-state index in [1.807, 2.05) is 58.0 Å². The summed E-state index contributed by atoms with van der Waals surface area (Å²) in [5.74, 6) is 0.408. The SMILES string of the molecule is CCc1ccc(S(=O)(=O)NC2CC(C)(C)c3ccc(Nc4ncccc4NC(=O)C(C)(C)C)cc32)cc1. The summed E-state index contributed by atoms with van der Waals surface area (Å²) in [4.78, 5) is 17.2. The van der Waals surface area contributed by atoms with Crippen LogP contribution in [0.2, 0.25) is 0 Å². The standard InChI is InChI=1S/C29H36N4O3S/c1-7-19-10-13-21(14-11-19)37(35,36)33-25-18-29(5,6)23-15-12-20(17-22(23)25)31-26-24(9-8-16-30-26)32-27(34)28(2,3)4/h8-17,25,33H,7,18H2,1-6H3,(H,30,31)(H,32,34). The van der Waals surface area contributed by atoms with Crippen LogP contribution in [0.15, 0.2) is 65.7 Å². The zero-order chi connectivity index (χ0) is 27.0. The Bertz CT molecular complexity index is 1410. The van der Waals surface area contributed by atoms with Gasteiger partial charge in [-0.15, -0.1) is 0 Å². The maximum atomic E-state index is 13.2. The van der Waals surface area contributed by atoms with E-state index in [0.717, 1.165) is 28.8 Å². The van der Waals surface area contributed by atoms with Crippen LogP contribution in [-0.2, 0) is 26.7 Å². The molecule has 196 valence electrons. The van der Waals surface area contributed by atoms with Gasteiger partial charge in [0.25, 0.3) is 0 Å². The molecule has 1 aromatic heterocycles. The third kappa shape index (κ3) is 5.86. The molecule has 0 spiro atoms. The molecule has 7 nitrogen and oxygen atoms in total. The van der Waals surface area contributed by atoms with Crippen molar-refractivity contribution in [3.63, 3.8) is 0 Å². The third-order valence-electron chi connectivity index (χ3n) is 6.81. The Morgan fingerprint density at radius 1 is 1.08 bits per heavy atom. The molecule has 1 atom stereocenters. The van der Waals surface area contributed by atoms with Crippen LogP contribution in [0.1, 0.15) is 70.7 Å². The van der Waals surface area contributed by atoms with Crippen molar-refractivity contribution in [2.24, 2.45) is 5.41 Å². The number of sulfonamides is 1. The van der Waals surface area contributed by atoms with Crippen molar-refractivity contribution in [1.82, 2.24) is 9.71 Å². The summed E-state index contributed by atoms with van der Waals surface area (Å²) in [6.45, 7) is 11.9. The Balaban J connectivity index is 1.62. The van der Waals surface area contributed by atoms with Gasteiger partial charge in [0.05, 0.1) is 10.6 Å². The lowest BCUT2D eigenvalue weighted by atomic mass is 9.86. The second kappa shape index (κ2) is 9.91. The Labute approximate surface area is 220 Å². The molecule has 0 aliphatic heterocycles. The van der Waals surface area contributed by atoms with Crippen LogP contribution >= 0.6 is 0 Å². The molecule has 2 aromatic carbocycles. The molecule has 1 aliphatic rings. The van der Waals surface area contributed by atoms with Crippen molar-refractivity contribution in [1.29, 1.82) is 0 Å². The van der Waals surface area contributed by atoms with Gasteiger partial charge in [0.1, 0.15) is 0 Å². The molecule has 1 amide bonds. The van der Waals surface area contributed by atoms with Gasteiger partial charge in [0.15, 0.2) is 5.82 Å².